The molecule has 0 aromatic heterocycles. The summed E-state index contributed by atoms with van der Waals surface area (Å²) in [7, 11) is 1.37. The van der Waals surface area contributed by atoms with E-state index in [2.05, 4.69) is 11.9 Å². The van der Waals surface area contributed by atoms with Crippen molar-refractivity contribution in [2.24, 2.45) is 10.9 Å². The van der Waals surface area contributed by atoms with Crippen LogP contribution in [0, 0.1) is 5.92 Å². The van der Waals surface area contributed by atoms with Crippen LogP contribution in [0.1, 0.15) is 22.8 Å². The van der Waals surface area contributed by atoms with Gasteiger partial charge in [0.2, 0.25) is 6.79 Å². The molecule has 1 atom stereocenters. The number of ether oxygens (including phenoxy) is 3. The standard InChI is InChI=1S/C19H19NO4/c1-13(9-14-7-8-17-18(10-14)24-12-23-17)11-20-16-6-4-3-5-15(16)19(21)22-2/h3-8,10-11,13H,9,12H2,1-2H3/b20-11+. The van der Waals surface area contributed by atoms with E-state index >= 15 is 0 Å². The van der Waals surface area contributed by atoms with E-state index < -0.39 is 0 Å². The molecule has 0 bridgehead atoms. The van der Waals surface area contributed by atoms with Gasteiger partial charge < -0.3 is 14.2 Å². The zero-order valence-corrected chi connectivity index (χ0v) is 13.7. The summed E-state index contributed by atoms with van der Waals surface area (Å²) in [4.78, 5) is 16.2. The summed E-state index contributed by atoms with van der Waals surface area (Å²) in [5.74, 6) is 1.39. The summed E-state index contributed by atoms with van der Waals surface area (Å²) in [6, 6.07) is 13.1. The van der Waals surface area contributed by atoms with Crippen LogP contribution in [0.3, 0.4) is 0 Å². The van der Waals surface area contributed by atoms with Gasteiger partial charge in [-0.25, -0.2) is 4.79 Å². The summed E-state index contributed by atoms with van der Waals surface area (Å²) in [5, 5.41) is 0. The minimum absolute atomic E-state index is 0.205. The first-order valence-corrected chi connectivity index (χ1v) is 7.77. The lowest BCUT2D eigenvalue weighted by Gasteiger charge is -2.08. The normalized spacial score (nSPS) is 13.9. The summed E-state index contributed by atoms with van der Waals surface area (Å²) < 4.78 is 15.5. The Labute approximate surface area is 140 Å². The second kappa shape index (κ2) is 7.17. The van der Waals surface area contributed by atoms with E-state index in [1.165, 1.54) is 7.11 Å². The highest BCUT2D eigenvalue weighted by atomic mass is 16.7. The Hall–Kier alpha value is -2.82. The van der Waals surface area contributed by atoms with Gasteiger partial charge in [0.25, 0.3) is 0 Å². The maximum absolute atomic E-state index is 11.8. The number of benzene rings is 2. The van der Waals surface area contributed by atoms with Crippen molar-refractivity contribution in [2.75, 3.05) is 13.9 Å². The van der Waals surface area contributed by atoms with Gasteiger partial charge in [-0.3, -0.25) is 4.99 Å². The molecular weight excluding hydrogens is 306 g/mol. The average molecular weight is 325 g/mol. The highest BCUT2D eigenvalue weighted by Crippen LogP contribution is 2.33. The van der Waals surface area contributed by atoms with Gasteiger partial charge in [0.1, 0.15) is 0 Å². The Kier molecular flexibility index (Phi) is 4.79. The van der Waals surface area contributed by atoms with Crippen LogP contribution in [0.5, 0.6) is 11.5 Å². The zero-order valence-electron chi connectivity index (χ0n) is 13.7. The Morgan fingerprint density at radius 1 is 1.25 bits per heavy atom. The smallest absolute Gasteiger partial charge is 0.340 e. The van der Waals surface area contributed by atoms with Crippen molar-refractivity contribution < 1.29 is 19.0 Å². The predicted molar refractivity (Wildman–Crippen MR) is 91.4 cm³/mol. The number of carbonyl (C=O) groups is 1. The van der Waals surface area contributed by atoms with Crippen LogP contribution >= 0.6 is 0 Å². The fourth-order valence-corrected chi connectivity index (χ4v) is 2.57. The van der Waals surface area contributed by atoms with Crippen molar-refractivity contribution in [3.63, 3.8) is 0 Å². The van der Waals surface area contributed by atoms with Crippen LogP contribution in [0.15, 0.2) is 47.5 Å². The van der Waals surface area contributed by atoms with Crippen molar-refractivity contribution in [3.8, 4) is 11.5 Å². The number of aliphatic imine (C=N–C) groups is 1. The number of nitrogens with zero attached hydrogens (tertiary/aromatic N) is 1. The molecule has 2 aromatic rings. The maximum Gasteiger partial charge on any atom is 0.340 e. The van der Waals surface area contributed by atoms with E-state index in [1.807, 2.05) is 30.5 Å². The molecule has 5 nitrogen and oxygen atoms in total. The van der Waals surface area contributed by atoms with Gasteiger partial charge in [-0.1, -0.05) is 25.1 Å². The topological polar surface area (TPSA) is 57.1 Å². The van der Waals surface area contributed by atoms with Crippen molar-refractivity contribution in [2.45, 2.75) is 13.3 Å². The van der Waals surface area contributed by atoms with Gasteiger partial charge >= 0.3 is 5.97 Å². The number of hydrogen-bond donors (Lipinski definition) is 0. The Morgan fingerprint density at radius 3 is 2.88 bits per heavy atom. The summed E-state index contributed by atoms with van der Waals surface area (Å²) >= 11 is 0. The lowest BCUT2D eigenvalue weighted by molar-refractivity contribution is 0.0601. The van der Waals surface area contributed by atoms with Crippen LogP contribution in [-0.2, 0) is 11.2 Å². The largest absolute Gasteiger partial charge is 0.465 e. The van der Waals surface area contributed by atoms with Crippen molar-refractivity contribution in [1.82, 2.24) is 0 Å². The molecule has 1 aliphatic rings. The van der Waals surface area contributed by atoms with Gasteiger partial charge in [0.05, 0.1) is 18.4 Å². The summed E-state index contributed by atoms with van der Waals surface area (Å²) in [6.07, 6.45) is 2.67. The molecule has 0 radical (unpaired) electrons. The molecule has 0 spiro atoms. The molecule has 0 fully saturated rings. The Balaban J connectivity index is 1.70. The highest BCUT2D eigenvalue weighted by molar-refractivity contribution is 5.95. The van der Waals surface area contributed by atoms with E-state index in [1.54, 1.807) is 18.2 Å². The molecule has 1 aliphatic heterocycles. The van der Waals surface area contributed by atoms with Gasteiger partial charge in [0.15, 0.2) is 11.5 Å². The second-order valence-corrected chi connectivity index (χ2v) is 5.66. The predicted octanol–water partition coefficient (Wildman–Crippen LogP) is 3.78. The molecule has 0 aliphatic carbocycles. The molecule has 24 heavy (non-hydrogen) atoms. The molecule has 2 aromatic carbocycles. The van der Waals surface area contributed by atoms with Crippen LogP contribution in [0.4, 0.5) is 5.69 Å². The van der Waals surface area contributed by atoms with Gasteiger partial charge in [-0.2, -0.15) is 0 Å². The minimum atomic E-state index is -0.383. The van der Waals surface area contributed by atoms with Gasteiger partial charge in [-0.15, -0.1) is 0 Å². The monoisotopic (exact) mass is 325 g/mol. The molecule has 1 unspecified atom stereocenters. The van der Waals surface area contributed by atoms with E-state index in [-0.39, 0.29) is 18.7 Å². The van der Waals surface area contributed by atoms with Gasteiger partial charge in [0, 0.05) is 6.21 Å². The third-order valence-corrected chi connectivity index (χ3v) is 3.77. The fourth-order valence-electron chi connectivity index (χ4n) is 2.57. The fraction of sp³-hybridized carbons (Fsp3) is 0.263. The lowest BCUT2D eigenvalue weighted by atomic mass is 10.0. The third kappa shape index (κ3) is 3.56. The van der Waals surface area contributed by atoms with E-state index in [9.17, 15) is 4.79 Å². The van der Waals surface area contributed by atoms with E-state index in [0.29, 0.717) is 11.3 Å². The SMILES string of the molecule is COC(=O)c1ccccc1/N=C/C(C)Cc1ccc2c(c1)OCO2. The third-order valence-electron chi connectivity index (χ3n) is 3.77. The van der Waals surface area contributed by atoms with Crippen LogP contribution < -0.4 is 9.47 Å². The lowest BCUT2D eigenvalue weighted by Crippen LogP contribution is -2.03. The molecule has 0 N–H and O–H groups in total. The molecule has 5 heteroatoms. The first-order valence-electron chi connectivity index (χ1n) is 7.77. The minimum Gasteiger partial charge on any atom is -0.465 e. The second-order valence-electron chi connectivity index (χ2n) is 5.66. The molecule has 0 amide bonds. The number of fused-ring (bicyclic) bond motifs is 1. The number of rotatable bonds is 5. The number of carbonyl (C=O) groups excluding carboxylic acids is 1. The molecule has 124 valence electrons. The molecule has 0 saturated carbocycles. The van der Waals surface area contributed by atoms with Crippen molar-refractivity contribution in [1.29, 1.82) is 0 Å². The van der Waals surface area contributed by atoms with Crippen molar-refractivity contribution in [3.05, 3.63) is 53.6 Å². The first-order chi connectivity index (χ1) is 11.7. The van der Waals surface area contributed by atoms with E-state index in [4.69, 9.17) is 14.2 Å². The number of hydrogen-bond acceptors (Lipinski definition) is 5. The average Bonchev–Trinajstić information content (AvgIpc) is 3.07. The molecule has 0 saturated heterocycles. The van der Waals surface area contributed by atoms with Crippen molar-refractivity contribution >= 4 is 17.9 Å². The Bertz CT molecular complexity index is 770. The van der Waals surface area contributed by atoms with Crippen LogP contribution in [0.2, 0.25) is 0 Å². The molecular formula is C19H19NO4. The van der Waals surface area contributed by atoms with E-state index in [0.717, 1.165) is 23.5 Å². The zero-order chi connectivity index (χ0) is 16.9. The number of methoxy groups -OCH3 is 1. The summed E-state index contributed by atoms with van der Waals surface area (Å²) in [5.41, 5.74) is 2.23. The van der Waals surface area contributed by atoms with Gasteiger partial charge in [-0.05, 0) is 42.2 Å². The quantitative estimate of drug-likeness (QED) is 0.620. The number of esters is 1. The Morgan fingerprint density at radius 2 is 2.04 bits per heavy atom. The molecule has 1 heterocycles. The van der Waals surface area contributed by atoms with Crippen LogP contribution in [0.25, 0.3) is 0 Å². The van der Waals surface area contributed by atoms with Crippen LogP contribution in [-0.4, -0.2) is 26.1 Å². The number of para-hydroxylation sites is 1. The first kappa shape index (κ1) is 16.1. The summed E-state index contributed by atoms with van der Waals surface area (Å²) in [6.45, 7) is 2.36. The molecule has 3 rings (SSSR count). The highest BCUT2D eigenvalue weighted by Gasteiger charge is 2.14. The maximum atomic E-state index is 11.8.